The van der Waals surface area contributed by atoms with Gasteiger partial charge in [-0.15, -0.1) is 0 Å². The number of nitrogens with one attached hydrogen (secondary N) is 1. The van der Waals surface area contributed by atoms with E-state index in [1.54, 1.807) is 11.9 Å². The van der Waals surface area contributed by atoms with Crippen molar-refractivity contribution in [3.8, 4) is 11.3 Å². The highest BCUT2D eigenvalue weighted by Gasteiger charge is 2.12. The summed E-state index contributed by atoms with van der Waals surface area (Å²) in [7, 11) is 4.15. The molecule has 1 N–H and O–H groups in total. The number of anilines is 1. The van der Waals surface area contributed by atoms with Crippen LogP contribution in [0.1, 0.15) is 31.7 Å². The molecule has 1 unspecified atom stereocenters. The Morgan fingerprint density at radius 2 is 1.96 bits per heavy atom. The smallest absolute Gasteiger partial charge is 0.0951 e. The van der Waals surface area contributed by atoms with Crippen molar-refractivity contribution in [1.82, 2.24) is 13.9 Å². The maximum atomic E-state index is 4.59. The number of aryl methyl sites for hydroxylation is 1. The highest BCUT2D eigenvalue weighted by molar-refractivity contribution is 7.97. The van der Waals surface area contributed by atoms with Gasteiger partial charge < -0.3 is 9.88 Å². The standard InChI is InChI=1S/C23H30N4S/c1-5-13-27(4)28-20-11-12-22(21(14-20)23-16-26(3)17-25-23)24-15-18(2)19-9-7-6-8-10-19/h6-12,14,16-18,24H,5,13,15H2,1-4H3. The summed E-state index contributed by atoms with van der Waals surface area (Å²) in [6.45, 7) is 6.41. The lowest BCUT2D eigenvalue weighted by Gasteiger charge is -2.18. The molecule has 0 amide bonds. The van der Waals surface area contributed by atoms with Crippen LogP contribution in [-0.2, 0) is 7.05 Å². The van der Waals surface area contributed by atoms with E-state index in [-0.39, 0.29) is 0 Å². The highest BCUT2D eigenvalue weighted by Crippen LogP contribution is 2.33. The van der Waals surface area contributed by atoms with Crippen LogP contribution in [0.3, 0.4) is 0 Å². The molecule has 0 saturated heterocycles. The number of aromatic nitrogens is 2. The van der Waals surface area contributed by atoms with E-state index in [4.69, 9.17) is 0 Å². The number of nitrogens with zero attached hydrogens (tertiary/aromatic N) is 3. The summed E-state index contributed by atoms with van der Waals surface area (Å²) in [6.07, 6.45) is 5.08. The third-order valence-corrected chi connectivity index (χ3v) is 5.70. The summed E-state index contributed by atoms with van der Waals surface area (Å²) in [5.41, 5.74) is 4.63. The van der Waals surface area contributed by atoms with Gasteiger partial charge in [-0.2, -0.15) is 0 Å². The first-order chi connectivity index (χ1) is 13.6. The average Bonchev–Trinajstić information content (AvgIpc) is 3.13. The SMILES string of the molecule is CCCN(C)Sc1ccc(NCC(C)c2ccccc2)c(-c2cn(C)cn2)c1. The minimum absolute atomic E-state index is 0.433. The van der Waals surface area contributed by atoms with Gasteiger partial charge in [0.05, 0.1) is 12.0 Å². The minimum Gasteiger partial charge on any atom is -0.384 e. The Labute approximate surface area is 173 Å². The summed E-state index contributed by atoms with van der Waals surface area (Å²) in [6, 6.07) is 17.3. The van der Waals surface area contributed by atoms with Gasteiger partial charge in [-0.3, -0.25) is 0 Å². The van der Waals surface area contributed by atoms with Crippen LogP contribution in [-0.4, -0.2) is 34.0 Å². The fourth-order valence-electron chi connectivity index (χ4n) is 3.20. The van der Waals surface area contributed by atoms with E-state index in [9.17, 15) is 0 Å². The van der Waals surface area contributed by atoms with Crippen LogP contribution in [0, 0.1) is 0 Å². The monoisotopic (exact) mass is 394 g/mol. The van der Waals surface area contributed by atoms with E-state index in [0.717, 1.165) is 36.5 Å². The molecular weight excluding hydrogens is 364 g/mol. The molecule has 0 saturated carbocycles. The van der Waals surface area contributed by atoms with Crippen molar-refractivity contribution < 1.29 is 0 Å². The number of hydrogen-bond acceptors (Lipinski definition) is 4. The van der Waals surface area contributed by atoms with Crippen molar-refractivity contribution in [2.24, 2.45) is 7.05 Å². The summed E-state index contributed by atoms with van der Waals surface area (Å²) in [5, 5.41) is 3.65. The van der Waals surface area contributed by atoms with Crippen molar-refractivity contribution in [1.29, 1.82) is 0 Å². The topological polar surface area (TPSA) is 33.1 Å². The molecule has 0 aliphatic rings. The Bertz CT molecular complexity index is 875. The molecule has 4 nitrogen and oxygen atoms in total. The van der Waals surface area contributed by atoms with Gasteiger partial charge in [0.1, 0.15) is 0 Å². The van der Waals surface area contributed by atoms with Gasteiger partial charge in [-0.25, -0.2) is 9.29 Å². The summed E-state index contributed by atoms with van der Waals surface area (Å²) >= 11 is 1.78. The first-order valence-electron chi connectivity index (χ1n) is 9.87. The largest absolute Gasteiger partial charge is 0.384 e. The predicted octanol–water partition coefficient (Wildman–Crippen LogP) is 5.65. The van der Waals surface area contributed by atoms with E-state index < -0.39 is 0 Å². The summed E-state index contributed by atoms with van der Waals surface area (Å²) < 4.78 is 4.27. The zero-order chi connectivity index (χ0) is 19.9. The average molecular weight is 395 g/mol. The zero-order valence-electron chi connectivity index (χ0n) is 17.2. The Balaban J connectivity index is 1.81. The third kappa shape index (κ3) is 5.40. The lowest BCUT2D eigenvalue weighted by molar-refractivity contribution is 0.559. The molecule has 3 rings (SSSR count). The Morgan fingerprint density at radius 3 is 2.64 bits per heavy atom. The number of rotatable bonds is 9. The van der Waals surface area contributed by atoms with Gasteiger partial charge >= 0.3 is 0 Å². The molecule has 0 bridgehead atoms. The molecule has 0 aliphatic carbocycles. The quantitative estimate of drug-likeness (QED) is 0.475. The van der Waals surface area contributed by atoms with Crippen LogP contribution in [0.25, 0.3) is 11.3 Å². The van der Waals surface area contributed by atoms with Gasteiger partial charge in [0.15, 0.2) is 0 Å². The molecule has 1 heterocycles. The van der Waals surface area contributed by atoms with Crippen LogP contribution in [0.4, 0.5) is 5.69 Å². The summed E-state index contributed by atoms with van der Waals surface area (Å²) in [4.78, 5) is 5.82. The molecule has 1 aromatic heterocycles. The molecule has 0 aliphatic heterocycles. The molecule has 3 aromatic rings. The first kappa shape index (κ1) is 20.5. The Kier molecular flexibility index (Phi) is 7.18. The molecule has 148 valence electrons. The van der Waals surface area contributed by atoms with Crippen LogP contribution in [0.2, 0.25) is 0 Å². The van der Waals surface area contributed by atoms with E-state index in [0.29, 0.717) is 5.92 Å². The molecule has 2 aromatic carbocycles. The lowest BCUT2D eigenvalue weighted by Crippen LogP contribution is -2.11. The maximum Gasteiger partial charge on any atom is 0.0951 e. The minimum atomic E-state index is 0.433. The van der Waals surface area contributed by atoms with Gasteiger partial charge in [0.2, 0.25) is 0 Å². The highest BCUT2D eigenvalue weighted by atomic mass is 32.2. The second-order valence-corrected chi connectivity index (χ2v) is 8.54. The van der Waals surface area contributed by atoms with E-state index in [1.165, 1.54) is 10.5 Å². The van der Waals surface area contributed by atoms with Crippen molar-refractivity contribution in [3.63, 3.8) is 0 Å². The van der Waals surface area contributed by atoms with Crippen molar-refractivity contribution in [3.05, 3.63) is 66.6 Å². The van der Waals surface area contributed by atoms with Gasteiger partial charge in [-0.05, 0) is 55.1 Å². The fraction of sp³-hybridized carbons (Fsp3) is 0.348. The normalized spacial score (nSPS) is 12.3. The van der Waals surface area contributed by atoms with Crippen molar-refractivity contribution in [2.45, 2.75) is 31.1 Å². The Morgan fingerprint density at radius 1 is 1.18 bits per heavy atom. The number of hydrogen-bond donors (Lipinski definition) is 1. The van der Waals surface area contributed by atoms with Crippen molar-refractivity contribution in [2.75, 3.05) is 25.5 Å². The van der Waals surface area contributed by atoms with Gasteiger partial charge in [0.25, 0.3) is 0 Å². The van der Waals surface area contributed by atoms with E-state index in [1.807, 2.05) is 17.9 Å². The van der Waals surface area contributed by atoms with Crippen LogP contribution >= 0.6 is 11.9 Å². The fourth-order valence-corrected chi connectivity index (χ4v) is 4.13. The second kappa shape index (κ2) is 9.80. The van der Waals surface area contributed by atoms with E-state index >= 15 is 0 Å². The van der Waals surface area contributed by atoms with Crippen LogP contribution in [0.15, 0.2) is 66.0 Å². The first-order valence-corrected chi connectivity index (χ1v) is 10.6. The predicted molar refractivity (Wildman–Crippen MR) is 121 cm³/mol. The van der Waals surface area contributed by atoms with Crippen LogP contribution in [0.5, 0.6) is 0 Å². The molecular formula is C23H30N4S. The zero-order valence-corrected chi connectivity index (χ0v) is 18.0. The number of imidazole rings is 1. The Hall–Kier alpha value is -2.24. The molecule has 28 heavy (non-hydrogen) atoms. The molecule has 0 radical (unpaired) electrons. The van der Waals surface area contributed by atoms with Gasteiger partial charge in [0, 0.05) is 42.5 Å². The summed E-state index contributed by atoms with van der Waals surface area (Å²) in [5.74, 6) is 0.433. The maximum absolute atomic E-state index is 4.59. The van der Waals surface area contributed by atoms with Crippen LogP contribution < -0.4 is 5.32 Å². The second-order valence-electron chi connectivity index (χ2n) is 7.27. The third-order valence-electron chi connectivity index (χ3n) is 4.74. The molecule has 1 atom stereocenters. The van der Waals surface area contributed by atoms with Gasteiger partial charge in [-0.1, -0.05) is 44.2 Å². The van der Waals surface area contributed by atoms with Crippen molar-refractivity contribution >= 4 is 17.6 Å². The molecule has 0 spiro atoms. The number of benzene rings is 2. The molecule has 5 heteroatoms. The molecule has 0 fully saturated rings. The lowest BCUT2D eigenvalue weighted by atomic mass is 10.0. The van der Waals surface area contributed by atoms with E-state index in [2.05, 4.69) is 90.2 Å².